The molecule has 0 heterocycles. The molecular formula is C12H26N2O2S. The van der Waals surface area contributed by atoms with Gasteiger partial charge in [0.05, 0.1) is 0 Å². The van der Waals surface area contributed by atoms with Crippen molar-refractivity contribution < 1.29 is 9.53 Å². The van der Waals surface area contributed by atoms with Crippen LogP contribution >= 0.6 is 11.8 Å². The van der Waals surface area contributed by atoms with Gasteiger partial charge < -0.3 is 15.4 Å². The van der Waals surface area contributed by atoms with Crippen LogP contribution in [0, 0.1) is 0 Å². The van der Waals surface area contributed by atoms with Gasteiger partial charge in [-0.3, -0.25) is 0 Å². The second-order valence-electron chi connectivity index (χ2n) is 4.94. The molecule has 0 fully saturated rings. The zero-order chi connectivity index (χ0) is 13.3. The van der Waals surface area contributed by atoms with Gasteiger partial charge in [-0.05, 0) is 33.4 Å². The lowest BCUT2D eigenvalue weighted by Crippen LogP contribution is -2.39. The van der Waals surface area contributed by atoms with Crippen LogP contribution in [0.15, 0.2) is 0 Å². The van der Waals surface area contributed by atoms with Crippen LogP contribution in [-0.2, 0) is 4.74 Å². The molecule has 17 heavy (non-hydrogen) atoms. The monoisotopic (exact) mass is 262 g/mol. The summed E-state index contributed by atoms with van der Waals surface area (Å²) in [5.74, 6) is 2.24. The average Bonchev–Trinajstić information content (AvgIpc) is 2.19. The zero-order valence-corrected chi connectivity index (χ0v) is 12.4. The number of carbonyl (C=O) groups is 1. The van der Waals surface area contributed by atoms with E-state index in [-0.39, 0.29) is 6.09 Å². The lowest BCUT2D eigenvalue weighted by Gasteiger charge is -2.20. The molecule has 2 N–H and O–H groups in total. The molecule has 102 valence electrons. The van der Waals surface area contributed by atoms with Crippen LogP contribution in [0.3, 0.4) is 0 Å². The smallest absolute Gasteiger partial charge is 0.407 e. The maximum absolute atomic E-state index is 11.3. The minimum Gasteiger partial charge on any atom is -0.444 e. The first-order chi connectivity index (χ1) is 7.85. The maximum atomic E-state index is 11.3. The highest BCUT2D eigenvalue weighted by atomic mass is 32.2. The van der Waals surface area contributed by atoms with E-state index >= 15 is 0 Å². The fraction of sp³-hybridized carbons (Fsp3) is 0.917. The van der Waals surface area contributed by atoms with Crippen LogP contribution < -0.4 is 10.6 Å². The van der Waals surface area contributed by atoms with Crippen LogP contribution in [-0.4, -0.2) is 42.3 Å². The molecule has 5 heteroatoms. The van der Waals surface area contributed by atoms with Crippen molar-refractivity contribution in [3.8, 4) is 0 Å². The Labute approximate surface area is 109 Å². The summed E-state index contributed by atoms with van der Waals surface area (Å²) in [6.45, 7) is 11.2. The quantitative estimate of drug-likeness (QED) is 0.691. The minimum absolute atomic E-state index is 0.352. The molecule has 0 aromatic carbocycles. The number of hydrogen-bond acceptors (Lipinski definition) is 4. The Morgan fingerprint density at radius 1 is 1.35 bits per heavy atom. The molecule has 0 rings (SSSR count). The van der Waals surface area contributed by atoms with Crippen LogP contribution in [0.5, 0.6) is 0 Å². The van der Waals surface area contributed by atoms with Crippen LogP contribution in [0.4, 0.5) is 4.79 Å². The lowest BCUT2D eigenvalue weighted by atomic mass is 10.2. The molecule has 0 spiro atoms. The second-order valence-corrected chi connectivity index (χ2v) is 6.26. The summed E-state index contributed by atoms with van der Waals surface area (Å²) in [5, 5.41) is 6.06. The largest absolute Gasteiger partial charge is 0.444 e. The molecular weight excluding hydrogens is 236 g/mol. The fourth-order valence-electron chi connectivity index (χ4n) is 1.15. The van der Waals surface area contributed by atoms with E-state index in [1.807, 2.05) is 32.5 Å². The summed E-state index contributed by atoms with van der Waals surface area (Å²) in [6.07, 6.45) is -0.352. The standard InChI is InChI=1S/C12H26N2O2S/c1-6-17-9-10(2)13-7-8-14-11(15)16-12(3,4)5/h10,13H,6-9H2,1-5H3,(H,14,15). The summed E-state index contributed by atoms with van der Waals surface area (Å²) in [7, 11) is 0. The van der Waals surface area contributed by atoms with E-state index in [0.29, 0.717) is 12.6 Å². The molecule has 0 saturated carbocycles. The Morgan fingerprint density at radius 3 is 2.53 bits per heavy atom. The molecule has 0 aromatic heterocycles. The van der Waals surface area contributed by atoms with Gasteiger partial charge in [-0.15, -0.1) is 0 Å². The number of ether oxygens (including phenoxy) is 1. The number of hydrogen-bond donors (Lipinski definition) is 2. The number of alkyl carbamates (subject to hydrolysis) is 1. The van der Waals surface area contributed by atoms with Crippen molar-refractivity contribution in [2.24, 2.45) is 0 Å². The van der Waals surface area contributed by atoms with Crippen LogP contribution in [0.25, 0.3) is 0 Å². The van der Waals surface area contributed by atoms with E-state index in [0.717, 1.165) is 18.1 Å². The van der Waals surface area contributed by atoms with Gasteiger partial charge in [0.25, 0.3) is 0 Å². The third-order valence-corrected chi connectivity index (χ3v) is 3.00. The van der Waals surface area contributed by atoms with Gasteiger partial charge in [-0.1, -0.05) is 6.92 Å². The first-order valence-electron chi connectivity index (χ1n) is 6.13. The first-order valence-corrected chi connectivity index (χ1v) is 7.28. The number of thioether (sulfide) groups is 1. The molecule has 0 radical (unpaired) electrons. The Hall–Kier alpha value is -0.420. The molecule has 0 aliphatic heterocycles. The number of carbonyl (C=O) groups excluding carboxylic acids is 1. The summed E-state index contributed by atoms with van der Waals surface area (Å²) in [5.41, 5.74) is -0.428. The Bertz CT molecular complexity index is 217. The van der Waals surface area contributed by atoms with Gasteiger partial charge in [0.15, 0.2) is 0 Å². The van der Waals surface area contributed by atoms with Gasteiger partial charge in [0.1, 0.15) is 5.60 Å². The molecule has 1 atom stereocenters. The first kappa shape index (κ1) is 16.6. The van der Waals surface area contributed by atoms with Gasteiger partial charge in [0.2, 0.25) is 0 Å². The highest BCUT2D eigenvalue weighted by Gasteiger charge is 2.15. The van der Waals surface area contributed by atoms with E-state index in [2.05, 4.69) is 24.5 Å². The third-order valence-electron chi connectivity index (χ3n) is 1.86. The number of nitrogens with one attached hydrogen (secondary N) is 2. The van der Waals surface area contributed by atoms with Gasteiger partial charge >= 0.3 is 6.09 Å². The van der Waals surface area contributed by atoms with E-state index in [1.165, 1.54) is 0 Å². The summed E-state index contributed by atoms with van der Waals surface area (Å²) in [4.78, 5) is 11.3. The number of rotatable bonds is 7. The average molecular weight is 262 g/mol. The van der Waals surface area contributed by atoms with Crippen molar-refractivity contribution in [1.29, 1.82) is 0 Å². The van der Waals surface area contributed by atoms with E-state index in [9.17, 15) is 4.79 Å². The van der Waals surface area contributed by atoms with Crippen molar-refractivity contribution in [2.75, 3.05) is 24.6 Å². The molecule has 1 unspecified atom stereocenters. The molecule has 0 saturated heterocycles. The molecule has 0 aliphatic rings. The Kier molecular flexibility index (Phi) is 8.43. The highest BCUT2D eigenvalue weighted by Crippen LogP contribution is 2.06. The van der Waals surface area contributed by atoms with Crippen LogP contribution in [0.2, 0.25) is 0 Å². The van der Waals surface area contributed by atoms with Crippen molar-refractivity contribution >= 4 is 17.9 Å². The topological polar surface area (TPSA) is 50.4 Å². The van der Waals surface area contributed by atoms with Crippen molar-refractivity contribution in [2.45, 2.75) is 46.3 Å². The zero-order valence-electron chi connectivity index (χ0n) is 11.6. The van der Waals surface area contributed by atoms with Crippen molar-refractivity contribution in [1.82, 2.24) is 10.6 Å². The lowest BCUT2D eigenvalue weighted by molar-refractivity contribution is 0.0528. The van der Waals surface area contributed by atoms with E-state index in [1.54, 1.807) is 0 Å². The van der Waals surface area contributed by atoms with Gasteiger partial charge in [-0.25, -0.2) is 4.79 Å². The highest BCUT2D eigenvalue weighted by molar-refractivity contribution is 7.99. The molecule has 1 amide bonds. The second kappa shape index (κ2) is 8.64. The van der Waals surface area contributed by atoms with Crippen molar-refractivity contribution in [3.05, 3.63) is 0 Å². The maximum Gasteiger partial charge on any atom is 0.407 e. The van der Waals surface area contributed by atoms with Gasteiger partial charge in [-0.2, -0.15) is 11.8 Å². The predicted molar refractivity (Wildman–Crippen MR) is 74.7 cm³/mol. The predicted octanol–water partition coefficient (Wildman–Crippen LogP) is 2.24. The summed E-state index contributed by atoms with van der Waals surface area (Å²) >= 11 is 1.91. The summed E-state index contributed by atoms with van der Waals surface area (Å²) in [6, 6.07) is 0.473. The molecule has 0 bridgehead atoms. The normalized spacial score (nSPS) is 13.2. The Morgan fingerprint density at radius 2 is 2.00 bits per heavy atom. The summed E-state index contributed by atoms with van der Waals surface area (Å²) < 4.78 is 5.13. The van der Waals surface area contributed by atoms with Crippen molar-refractivity contribution in [3.63, 3.8) is 0 Å². The molecule has 0 aromatic rings. The minimum atomic E-state index is -0.428. The molecule has 0 aliphatic carbocycles. The Balaban J connectivity index is 3.48. The third kappa shape index (κ3) is 11.8. The fourth-order valence-corrected chi connectivity index (χ4v) is 1.86. The van der Waals surface area contributed by atoms with E-state index < -0.39 is 5.60 Å². The molecule has 4 nitrogen and oxygen atoms in total. The number of amides is 1. The van der Waals surface area contributed by atoms with E-state index in [4.69, 9.17) is 4.74 Å². The van der Waals surface area contributed by atoms with Crippen LogP contribution in [0.1, 0.15) is 34.6 Å². The van der Waals surface area contributed by atoms with Gasteiger partial charge in [0, 0.05) is 24.9 Å². The SMILES string of the molecule is CCSCC(C)NCCNC(=O)OC(C)(C)C.